The first-order valence-electron chi connectivity index (χ1n) is 13.8. The number of nitrogens with one attached hydrogen (secondary N) is 2. The molecular weight excluding hydrogens is 478 g/mol. The van der Waals surface area contributed by atoms with Crippen LogP contribution in [0, 0.1) is 36.5 Å². The summed E-state index contributed by atoms with van der Waals surface area (Å²) in [6.07, 6.45) is 8.06. The molecular formula is C30H39N5O3. The Morgan fingerprint density at radius 2 is 1.84 bits per heavy atom. The highest BCUT2D eigenvalue weighted by molar-refractivity contribution is 5.96. The minimum atomic E-state index is -0.648. The molecule has 0 radical (unpaired) electrons. The summed E-state index contributed by atoms with van der Waals surface area (Å²) in [6.45, 7) is 7.46. The van der Waals surface area contributed by atoms with Crippen LogP contribution in [-0.4, -0.2) is 45.5 Å². The van der Waals surface area contributed by atoms with Crippen molar-refractivity contribution in [3.05, 3.63) is 62.6 Å². The Labute approximate surface area is 224 Å². The first-order chi connectivity index (χ1) is 18.1. The summed E-state index contributed by atoms with van der Waals surface area (Å²) < 4.78 is 0. The molecule has 8 nitrogen and oxygen atoms in total. The van der Waals surface area contributed by atoms with Crippen LogP contribution in [-0.2, 0) is 11.2 Å². The molecule has 2 heterocycles. The van der Waals surface area contributed by atoms with E-state index < -0.39 is 5.41 Å². The molecule has 1 aliphatic heterocycles. The molecule has 0 spiro atoms. The minimum Gasteiger partial charge on any atom is -0.343 e. The third kappa shape index (κ3) is 5.98. The van der Waals surface area contributed by atoms with Gasteiger partial charge in [-0.1, -0.05) is 25.3 Å². The molecule has 2 N–H and O–H groups in total. The molecule has 0 bridgehead atoms. The fraction of sp³-hybridized carbons (Fsp3) is 0.567. The van der Waals surface area contributed by atoms with Crippen molar-refractivity contribution >= 4 is 11.8 Å². The van der Waals surface area contributed by atoms with Crippen molar-refractivity contribution in [1.29, 1.82) is 5.26 Å². The van der Waals surface area contributed by atoms with E-state index in [9.17, 15) is 19.6 Å². The van der Waals surface area contributed by atoms with Crippen LogP contribution in [0.4, 0.5) is 0 Å². The molecule has 2 amide bonds. The van der Waals surface area contributed by atoms with E-state index in [1.54, 1.807) is 18.2 Å². The van der Waals surface area contributed by atoms with Crippen molar-refractivity contribution < 1.29 is 9.59 Å². The van der Waals surface area contributed by atoms with Crippen molar-refractivity contribution in [3.8, 4) is 6.07 Å². The van der Waals surface area contributed by atoms with Gasteiger partial charge in [0.15, 0.2) is 0 Å². The number of hydrogen-bond acceptors (Lipinski definition) is 5. The summed E-state index contributed by atoms with van der Waals surface area (Å²) in [5.74, 6) is 0.0463. The van der Waals surface area contributed by atoms with Gasteiger partial charge in [-0.05, 0) is 88.6 Å². The predicted octanol–water partition coefficient (Wildman–Crippen LogP) is 4.20. The van der Waals surface area contributed by atoms with Crippen molar-refractivity contribution in [2.75, 3.05) is 6.54 Å². The lowest BCUT2D eigenvalue weighted by Crippen LogP contribution is -2.52. The molecule has 2 atom stereocenters. The lowest BCUT2D eigenvalue weighted by molar-refractivity contribution is -0.136. The number of hydrogen-bond donors (Lipinski definition) is 2. The fourth-order valence-electron chi connectivity index (χ4n) is 6.24. The monoisotopic (exact) mass is 517 g/mol. The highest BCUT2D eigenvalue weighted by Crippen LogP contribution is 2.42. The molecule has 38 heavy (non-hydrogen) atoms. The SMILES string of the molecule is Cc1cc(Cc2ccc(C(=O)NCC(=O)N3C(C4CCCCC4)CCC3C(C)(C)C#N)cc2C)c(=O)[nH]n1. The molecule has 202 valence electrons. The normalized spacial score (nSPS) is 20.2. The fourth-order valence-corrected chi connectivity index (χ4v) is 6.24. The number of carbonyl (C=O) groups is 2. The molecule has 1 saturated carbocycles. The maximum atomic E-state index is 13.6. The Kier molecular flexibility index (Phi) is 8.35. The van der Waals surface area contributed by atoms with Gasteiger partial charge >= 0.3 is 0 Å². The number of aromatic nitrogens is 2. The van der Waals surface area contributed by atoms with E-state index in [1.807, 2.05) is 38.7 Å². The molecule has 8 heteroatoms. The van der Waals surface area contributed by atoms with Crippen molar-refractivity contribution in [3.63, 3.8) is 0 Å². The Bertz CT molecular complexity index is 1290. The van der Waals surface area contributed by atoms with Crippen LogP contribution in [0.15, 0.2) is 29.1 Å². The number of benzene rings is 1. The van der Waals surface area contributed by atoms with E-state index in [2.05, 4.69) is 21.6 Å². The average molecular weight is 518 g/mol. The molecule has 1 aliphatic carbocycles. The highest BCUT2D eigenvalue weighted by Gasteiger charge is 2.47. The molecule has 1 aromatic carbocycles. The third-order valence-electron chi connectivity index (χ3n) is 8.43. The first-order valence-corrected chi connectivity index (χ1v) is 13.8. The van der Waals surface area contributed by atoms with Gasteiger partial charge in [-0.25, -0.2) is 5.10 Å². The highest BCUT2D eigenvalue weighted by atomic mass is 16.2. The van der Waals surface area contributed by atoms with Crippen LogP contribution in [0.3, 0.4) is 0 Å². The van der Waals surface area contributed by atoms with E-state index in [1.165, 1.54) is 19.3 Å². The molecule has 1 aromatic heterocycles. The number of nitriles is 1. The number of aromatic amines is 1. The standard InChI is InChI=1S/C30H39N5O3/c1-19-14-23(11-10-22(19)16-24-15-20(2)33-34-29(24)38)28(37)32-17-27(36)35-25(21-8-6-5-7-9-21)12-13-26(35)30(3,4)18-31/h10-11,14-15,21,25-26H,5-9,12-13,16-17H2,1-4H3,(H,32,37)(H,34,38). The van der Waals surface area contributed by atoms with Gasteiger partial charge in [-0.2, -0.15) is 10.4 Å². The summed E-state index contributed by atoms with van der Waals surface area (Å²) >= 11 is 0. The van der Waals surface area contributed by atoms with Gasteiger partial charge in [-0.15, -0.1) is 0 Å². The maximum Gasteiger partial charge on any atom is 0.267 e. The molecule has 2 unspecified atom stereocenters. The van der Waals surface area contributed by atoms with Crippen molar-refractivity contribution in [2.24, 2.45) is 11.3 Å². The summed E-state index contributed by atoms with van der Waals surface area (Å²) in [6, 6.07) is 9.54. The molecule has 2 fully saturated rings. The lowest BCUT2D eigenvalue weighted by Gasteiger charge is -2.40. The smallest absolute Gasteiger partial charge is 0.267 e. The largest absolute Gasteiger partial charge is 0.343 e. The Morgan fingerprint density at radius 1 is 1.11 bits per heavy atom. The maximum absolute atomic E-state index is 13.6. The second-order valence-electron chi connectivity index (χ2n) is 11.6. The first kappa shape index (κ1) is 27.6. The Balaban J connectivity index is 1.44. The molecule has 2 aliphatic rings. The number of nitrogens with zero attached hydrogens (tertiary/aromatic N) is 3. The number of carbonyl (C=O) groups excluding carboxylic acids is 2. The molecule has 1 saturated heterocycles. The quantitative estimate of drug-likeness (QED) is 0.571. The van der Waals surface area contributed by atoms with E-state index in [-0.39, 0.29) is 36.0 Å². The van der Waals surface area contributed by atoms with E-state index in [0.717, 1.165) is 42.5 Å². The lowest BCUT2D eigenvalue weighted by atomic mass is 9.83. The molecule has 4 rings (SSSR count). The number of H-pyrrole nitrogens is 1. The zero-order chi connectivity index (χ0) is 27.4. The van der Waals surface area contributed by atoms with Gasteiger partial charge in [0, 0.05) is 23.6 Å². The number of amides is 2. The van der Waals surface area contributed by atoms with E-state index in [0.29, 0.717) is 23.5 Å². The van der Waals surface area contributed by atoms with Gasteiger partial charge < -0.3 is 10.2 Å². The van der Waals surface area contributed by atoms with Crippen molar-refractivity contribution in [1.82, 2.24) is 20.4 Å². The topological polar surface area (TPSA) is 119 Å². The van der Waals surface area contributed by atoms with E-state index in [4.69, 9.17) is 0 Å². The predicted molar refractivity (Wildman–Crippen MR) is 146 cm³/mol. The van der Waals surface area contributed by atoms with Crippen molar-refractivity contribution in [2.45, 2.75) is 91.1 Å². The van der Waals surface area contributed by atoms with Gasteiger partial charge in [0.2, 0.25) is 5.91 Å². The minimum absolute atomic E-state index is 0.0907. The number of likely N-dealkylation sites (tertiary alicyclic amines) is 1. The molecule has 2 aromatic rings. The van der Waals surface area contributed by atoms with Gasteiger partial charge in [0.25, 0.3) is 11.5 Å². The van der Waals surface area contributed by atoms with Gasteiger partial charge in [0.1, 0.15) is 0 Å². The zero-order valence-corrected chi connectivity index (χ0v) is 23.0. The van der Waals surface area contributed by atoms with Crippen LogP contribution in [0.2, 0.25) is 0 Å². The van der Waals surface area contributed by atoms with Gasteiger partial charge in [0.05, 0.1) is 29.8 Å². The third-order valence-corrected chi connectivity index (χ3v) is 8.43. The second-order valence-corrected chi connectivity index (χ2v) is 11.6. The summed E-state index contributed by atoms with van der Waals surface area (Å²) in [4.78, 5) is 40.6. The summed E-state index contributed by atoms with van der Waals surface area (Å²) in [7, 11) is 0. The Morgan fingerprint density at radius 3 is 2.53 bits per heavy atom. The Hall–Kier alpha value is -3.47. The van der Waals surface area contributed by atoms with Crippen LogP contribution < -0.4 is 10.9 Å². The summed E-state index contributed by atoms with van der Waals surface area (Å²) in [5, 5.41) is 19.1. The number of aryl methyl sites for hydroxylation is 2. The number of rotatable bonds is 7. The van der Waals surface area contributed by atoms with Crippen LogP contribution in [0.1, 0.15) is 91.5 Å². The summed E-state index contributed by atoms with van der Waals surface area (Å²) in [5.41, 5.74) is 2.80. The van der Waals surface area contributed by atoms with Gasteiger partial charge in [-0.3, -0.25) is 14.4 Å². The second kappa shape index (κ2) is 11.5. The van der Waals surface area contributed by atoms with Crippen LogP contribution in [0.25, 0.3) is 0 Å². The van der Waals surface area contributed by atoms with Crippen LogP contribution in [0.5, 0.6) is 0 Å². The average Bonchev–Trinajstić information content (AvgIpc) is 3.37. The zero-order valence-electron chi connectivity index (χ0n) is 23.0. The van der Waals surface area contributed by atoms with E-state index >= 15 is 0 Å². The van der Waals surface area contributed by atoms with Crippen LogP contribution >= 0.6 is 0 Å².